The SMILES string of the molecule is CN=C(NCC(C)(C)c1cccc(Cl)c1)NC(C)C. The Morgan fingerprint density at radius 3 is 2.58 bits per heavy atom. The van der Waals surface area contributed by atoms with Gasteiger partial charge in [0.1, 0.15) is 0 Å². The molecule has 0 heterocycles. The van der Waals surface area contributed by atoms with Gasteiger partial charge >= 0.3 is 0 Å². The third-order valence-corrected chi connectivity index (χ3v) is 3.19. The van der Waals surface area contributed by atoms with Gasteiger partial charge in [0.25, 0.3) is 0 Å². The van der Waals surface area contributed by atoms with Gasteiger partial charge in [0.05, 0.1) is 0 Å². The van der Waals surface area contributed by atoms with Gasteiger partial charge in [-0.15, -0.1) is 0 Å². The van der Waals surface area contributed by atoms with Crippen LogP contribution in [0.5, 0.6) is 0 Å². The summed E-state index contributed by atoms with van der Waals surface area (Å²) in [7, 11) is 1.78. The average Bonchev–Trinajstić information content (AvgIpc) is 2.34. The molecule has 1 rings (SSSR count). The molecule has 0 aliphatic heterocycles. The van der Waals surface area contributed by atoms with Gasteiger partial charge in [-0.2, -0.15) is 0 Å². The van der Waals surface area contributed by atoms with E-state index in [4.69, 9.17) is 11.6 Å². The number of rotatable bonds is 4. The van der Waals surface area contributed by atoms with Gasteiger partial charge in [-0.3, -0.25) is 4.99 Å². The minimum atomic E-state index is -0.0144. The van der Waals surface area contributed by atoms with Crippen LogP contribution in [0, 0.1) is 0 Å². The summed E-state index contributed by atoms with van der Waals surface area (Å²) < 4.78 is 0. The second-order valence-electron chi connectivity index (χ2n) is 5.62. The first-order chi connectivity index (χ1) is 8.85. The van der Waals surface area contributed by atoms with Crippen LogP contribution in [-0.4, -0.2) is 25.6 Å². The summed E-state index contributed by atoms with van der Waals surface area (Å²) in [4.78, 5) is 4.21. The Bertz CT molecular complexity index is 439. The molecular weight excluding hydrogens is 258 g/mol. The zero-order valence-corrected chi connectivity index (χ0v) is 13.2. The fourth-order valence-corrected chi connectivity index (χ4v) is 1.97. The van der Waals surface area contributed by atoms with E-state index >= 15 is 0 Å². The van der Waals surface area contributed by atoms with Crippen molar-refractivity contribution in [1.82, 2.24) is 10.6 Å². The van der Waals surface area contributed by atoms with E-state index in [2.05, 4.69) is 49.4 Å². The molecule has 1 aromatic rings. The van der Waals surface area contributed by atoms with Crippen molar-refractivity contribution < 1.29 is 0 Å². The molecule has 0 atom stereocenters. The first kappa shape index (κ1) is 15.8. The molecule has 0 saturated heterocycles. The Kier molecular flexibility index (Phi) is 5.67. The van der Waals surface area contributed by atoms with Gasteiger partial charge in [-0.05, 0) is 31.5 Å². The van der Waals surface area contributed by atoms with Gasteiger partial charge in [0, 0.05) is 30.1 Å². The van der Waals surface area contributed by atoms with Crippen molar-refractivity contribution in [2.24, 2.45) is 4.99 Å². The summed E-state index contributed by atoms with van der Waals surface area (Å²) in [5, 5.41) is 7.41. The third kappa shape index (κ3) is 5.11. The third-order valence-electron chi connectivity index (χ3n) is 2.95. The van der Waals surface area contributed by atoms with E-state index < -0.39 is 0 Å². The molecule has 0 aliphatic rings. The number of aliphatic imine (C=N–C) groups is 1. The van der Waals surface area contributed by atoms with Crippen LogP contribution in [0.1, 0.15) is 33.3 Å². The van der Waals surface area contributed by atoms with Crippen molar-refractivity contribution in [3.8, 4) is 0 Å². The van der Waals surface area contributed by atoms with Crippen molar-refractivity contribution in [2.45, 2.75) is 39.2 Å². The van der Waals surface area contributed by atoms with Gasteiger partial charge < -0.3 is 10.6 Å². The zero-order chi connectivity index (χ0) is 14.5. The maximum atomic E-state index is 6.05. The predicted octanol–water partition coefficient (Wildman–Crippen LogP) is 3.19. The maximum absolute atomic E-state index is 6.05. The minimum absolute atomic E-state index is 0.0144. The first-order valence-electron chi connectivity index (χ1n) is 6.58. The van der Waals surface area contributed by atoms with Crippen LogP contribution in [0.3, 0.4) is 0 Å². The Hall–Kier alpha value is -1.22. The molecule has 0 bridgehead atoms. The Morgan fingerprint density at radius 1 is 1.37 bits per heavy atom. The van der Waals surface area contributed by atoms with E-state index in [0.717, 1.165) is 17.5 Å². The lowest BCUT2D eigenvalue weighted by Gasteiger charge is -2.27. The number of nitrogens with one attached hydrogen (secondary N) is 2. The van der Waals surface area contributed by atoms with Crippen LogP contribution in [-0.2, 0) is 5.41 Å². The smallest absolute Gasteiger partial charge is 0.191 e. The molecule has 4 heteroatoms. The number of hydrogen-bond acceptors (Lipinski definition) is 1. The van der Waals surface area contributed by atoms with Crippen molar-refractivity contribution in [2.75, 3.05) is 13.6 Å². The lowest BCUT2D eigenvalue weighted by Crippen LogP contribution is -2.45. The molecule has 2 N–H and O–H groups in total. The van der Waals surface area contributed by atoms with Crippen LogP contribution in [0.2, 0.25) is 5.02 Å². The van der Waals surface area contributed by atoms with E-state index in [1.807, 2.05) is 18.2 Å². The second kappa shape index (κ2) is 6.80. The Morgan fingerprint density at radius 2 is 2.05 bits per heavy atom. The molecule has 19 heavy (non-hydrogen) atoms. The standard InChI is InChI=1S/C15H24ClN3/c1-11(2)19-14(17-5)18-10-15(3,4)12-7-6-8-13(16)9-12/h6-9,11H,10H2,1-5H3,(H2,17,18,19). The number of hydrogen-bond donors (Lipinski definition) is 2. The monoisotopic (exact) mass is 281 g/mol. The lowest BCUT2D eigenvalue weighted by atomic mass is 9.84. The molecule has 0 radical (unpaired) electrons. The molecule has 0 aliphatic carbocycles. The van der Waals surface area contributed by atoms with Gasteiger partial charge in [-0.25, -0.2) is 0 Å². The van der Waals surface area contributed by atoms with E-state index in [9.17, 15) is 0 Å². The summed E-state index contributed by atoms with van der Waals surface area (Å²) in [6.45, 7) is 9.35. The predicted molar refractivity (Wildman–Crippen MR) is 84.1 cm³/mol. The van der Waals surface area contributed by atoms with Crippen LogP contribution < -0.4 is 10.6 Å². The Labute approximate surface area is 121 Å². The van der Waals surface area contributed by atoms with Crippen LogP contribution >= 0.6 is 11.6 Å². The highest BCUT2D eigenvalue weighted by Crippen LogP contribution is 2.24. The highest BCUT2D eigenvalue weighted by Gasteiger charge is 2.21. The molecule has 3 nitrogen and oxygen atoms in total. The zero-order valence-electron chi connectivity index (χ0n) is 12.4. The summed E-state index contributed by atoms with van der Waals surface area (Å²) >= 11 is 6.05. The van der Waals surface area contributed by atoms with Crippen molar-refractivity contribution in [3.05, 3.63) is 34.9 Å². The molecule has 0 unspecified atom stereocenters. The van der Waals surface area contributed by atoms with Gasteiger partial charge in [0.15, 0.2) is 5.96 Å². The van der Waals surface area contributed by atoms with Crippen molar-refractivity contribution >= 4 is 17.6 Å². The maximum Gasteiger partial charge on any atom is 0.191 e. The molecule has 106 valence electrons. The quantitative estimate of drug-likeness (QED) is 0.657. The summed E-state index contributed by atoms with van der Waals surface area (Å²) in [5.41, 5.74) is 1.20. The molecule has 1 aromatic carbocycles. The summed E-state index contributed by atoms with van der Waals surface area (Å²) in [6.07, 6.45) is 0. The van der Waals surface area contributed by atoms with E-state index in [0.29, 0.717) is 6.04 Å². The summed E-state index contributed by atoms with van der Waals surface area (Å²) in [6, 6.07) is 8.36. The minimum Gasteiger partial charge on any atom is -0.356 e. The number of nitrogens with zero attached hydrogens (tertiary/aromatic N) is 1. The van der Waals surface area contributed by atoms with Crippen molar-refractivity contribution in [1.29, 1.82) is 0 Å². The summed E-state index contributed by atoms with van der Waals surface area (Å²) in [5.74, 6) is 0.824. The highest BCUT2D eigenvalue weighted by molar-refractivity contribution is 6.30. The van der Waals surface area contributed by atoms with Gasteiger partial charge in [0.2, 0.25) is 0 Å². The van der Waals surface area contributed by atoms with Gasteiger partial charge in [-0.1, -0.05) is 37.6 Å². The van der Waals surface area contributed by atoms with Crippen LogP contribution in [0.15, 0.2) is 29.3 Å². The molecule has 0 fully saturated rings. The first-order valence-corrected chi connectivity index (χ1v) is 6.96. The fraction of sp³-hybridized carbons (Fsp3) is 0.533. The topological polar surface area (TPSA) is 36.4 Å². The fourth-order valence-electron chi connectivity index (χ4n) is 1.78. The highest BCUT2D eigenvalue weighted by atomic mass is 35.5. The molecule has 0 spiro atoms. The molecule has 0 amide bonds. The van der Waals surface area contributed by atoms with Crippen LogP contribution in [0.25, 0.3) is 0 Å². The van der Waals surface area contributed by atoms with E-state index in [1.165, 1.54) is 5.56 Å². The molecule has 0 aromatic heterocycles. The second-order valence-corrected chi connectivity index (χ2v) is 6.06. The average molecular weight is 282 g/mol. The van der Waals surface area contributed by atoms with E-state index in [-0.39, 0.29) is 5.41 Å². The lowest BCUT2D eigenvalue weighted by molar-refractivity contribution is 0.506. The number of guanidine groups is 1. The number of benzene rings is 1. The van der Waals surface area contributed by atoms with E-state index in [1.54, 1.807) is 7.05 Å². The largest absolute Gasteiger partial charge is 0.356 e. The molecule has 0 saturated carbocycles. The van der Waals surface area contributed by atoms with Crippen LogP contribution in [0.4, 0.5) is 0 Å². The van der Waals surface area contributed by atoms with Crippen molar-refractivity contribution in [3.63, 3.8) is 0 Å². The normalized spacial score (nSPS) is 12.7. The molecular formula is C15H24ClN3. The number of halogens is 1. The Balaban J connectivity index is 2.69.